The van der Waals surface area contributed by atoms with Gasteiger partial charge in [0.2, 0.25) is 5.91 Å². The van der Waals surface area contributed by atoms with Gasteiger partial charge in [0.15, 0.2) is 0 Å². The van der Waals surface area contributed by atoms with E-state index in [0.29, 0.717) is 21.4 Å². The lowest BCUT2D eigenvalue weighted by Crippen LogP contribution is -2.15. The summed E-state index contributed by atoms with van der Waals surface area (Å²) >= 11 is 3.17. The van der Waals surface area contributed by atoms with Crippen LogP contribution < -0.4 is 10.6 Å². The second-order valence-corrected chi connectivity index (χ2v) is 6.28. The molecule has 0 atom stereocenters. The molecule has 2 amide bonds. The fourth-order valence-corrected chi connectivity index (χ4v) is 2.67. The number of nitrogens with one attached hydrogen (secondary N) is 2. The van der Waals surface area contributed by atoms with Crippen molar-refractivity contribution in [2.45, 2.75) is 12.8 Å². The second-order valence-electron chi connectivity index (χ2n) is 5.42. The van der Waals surface area contributed by atoms with Gasteiger partial charge >= 0.3 is 0 Å². The van der Waals surface area contributed by atoms with E-state index < -0.39 is 5.82 Å². The predicted octanol–water partition coefficient (Wildman–Crippen LogP) is 4.19. The highest BCUT2D eigenvalue weighted by atomic mass is 79.9. The van der Waals surface area contributed by atoms with E-state index in [-0.39, 0.29) is 17.7 Å². The molecule has 1 fully saturated rings. The number of carbonyl (C=O) groups excluding carboxylic acids is 2. The molecular formula is C17H14BrFN2O2. The highest BCUT2D eigenvalue weighted by molar-refractivity contribution is 9.10. The summed E-state index contributed by atoms with van der Waals surface area (Å²) in [4.78, 5) is 24.0. The maximum atomic E-state index is 13.1. The summed E-state index contributed by atoms with van der Waals surface area (Å²) < 4.78 is 13.5. The fourth-order valence-electron chi connectivity index (χ4n) is 2.14. The van der Waals surface area contributed by atoms with E-state index in [2.05, 4.69) is 26.6 Å². The molecule has 2 N–H and O–H groups in total. The van der Waals surface area contributed by atoms with Crippen LogP contribution in [-0.4, -0.2) is 11.8 Å². The van der Waals surface area contributed by atoms with Crippen molar-refractivity contribution in [2.24, 2.45) is 5.92 Å². The highest BCUT2D eigenvalue weighted by Crippen LogP contribution is 2.30. The Labute approximate surface area is 141 Å². The van der Waals surface area contributed by atoms with Gasteiger partial charge in [0.1, 0.15) is 5.82 Å². The number of halogens is 2. The molecule has 0 heterocycles. The average molecular weight is 377 g/mol. The minimum atomic E-state index is -0.418. The third-order valence-corrected chi connectivity index (χ3v) is 4.17. The lowest BCUT2D eigenvalue weighted by atomic mass is 10.2. The number of amides is 2. The largest absolute Gasteiger partial charge is 0.326 e. The van der Waals surface area contributed by atoms with E-state index in [1.54, 1.807) is 24.3 Å². The molecule has 6 heteroatoms. The molecule has 23 heavy (non-hydrogen) atoms. The van der Waals surface area contributed by atoms with Gasteiger partial charge in [-0.15, -0.1) is 0 Å². The first-order valence-electron chi connectivity index (χ1n) is 7.20. The molecule has 0 aromatic heterocycles. The Balaban J connectivity index is 1.71. The van der Waals surface area contributed by atoms with E-state index >= 15 is 0 Å². The second kappa shape index (κ2) is 6.50. The van der Waals surface area contributed by atoms with E-state index in [1.165, 1.54) is 18.2 Å². The number of hydrogen-bond donors (Lipinski definition) is 2. The Morgan fingerprint density at radius 3 is 2.39 bits per heavy atom. The van der Waals surface area contributed by atoms with Crippen LogP contribution in [0.15, 0.2) is 46.9 Å². The quantitative estimate of drug-likeness (QED) is 0.840. The standard InChI is InChI=1S/C17H14BrFN2O2/c18-15-8-11(19)6-7-14(15)17(23)21-13-3-1-2-12(9-13)20-16(22)10-4-5-10/h1-3,6-10H,4-5H2,(H,20,22)(H,21,23). The van der Waals surface area contributed by atoms with Gasteiger partial charge in [-0.2, -0.15) is 0 Å². The van der Waals surface area contributed by atoms with Crippen molar-refractivity contribution in [1.29, 1.82) is 0 Å². The Hall–Kier alpha value is -2.21. The zero-order chi connectivity index (χ0) is 16.4. The number of hydrogen-bond acceptors (Lipinski definition) is 2. The van der Waals surface area contributed by atoms with Gasteiger partial charge in [0.05, 0.1) is 5.56 Å². The zero-order valence-electron chi connectivity index (χ0n) is 12.1. The van der Waals surface area contributed by atoms with Crippen LogP contribution in [0, 0.1) is 11.7 Å². The molecule has 2 aromatic carbocycles. The van der Waals surface area contributed by atoms with E-state index in [4.69, 9.17) is 0 Å². The van der Waals surface area contributed by atoms with E-state index in [1.807, 2.05) is 0 Å². The Kier molecular flexibility index (Phi) is 4.43. The van der Waals surface area contributed by atoms with Crippen LogP contribution in [0.3, 0.4) is 0 Å². The number of rotatable bonds is 4. The van der Waals surface area contributed by atoms with Crippen LogP contribution in [0.2, 0.25) is 0 Å². The molecule has 0 unspecified atom stereocenters. The molecule has 0 spiro atoms. The number of anilines is 2. The van der Waals surface area contributed by atoms with Crippen molar-refractivity contribution < 1.29 is 14.0 Å². The van der Waals surface area contributed by atoms with Crippen LogP contribution in [0.1, 0.15) is 23.2 Å². The van der Waals surface area contributed by atoms with Crippen LogP contribution in [0.5, 0.6) is 0 Å². The molecular weight excluding hydrogens is 363 g/mol. The van der Waals surface area contributed by atoms with Crippen LogP contribution in [-0.2, 0) is 4.79 Å². The maximum absolute atomic E-state index is 13.1. The van der Waals surface area contributed by atoms with Crippen molar-refractivity contribution >= 4 is 39.1 Å². The topological polar surface area (TPSA) is 58.2 Å². The molecule has 0 radical (unpaired) electrons. The first-order valence-corrected chi connectivity index (χ1v) is 7.99. The van der Waals surface area contributed by atoms with Gasteiger partial charge in [0.25, 0.3) is 5.91 Å². The molecule has 2 aromatic rings. The molecule has 1 aliphatic carbocycles. The summed E-state index contributed by atoms with van der Waals surface area (Å²) in [5, 5.41) is 5.56. The van der Waals surface area contributed by atoms with Crippen molar-refractivity contribution in [3.8, 4) is 0 Å². The highest BCUT2D eigenvalue weighted by Gasteiger charge is 2.29. The summed E-state index contributed by atoms with van der Waals surface area (Å²) in [5.41, 5.74) is 1.52. The molecule has 0 aliphatic heterocycles. The smallest absolute Gasteiger partial charge is 0.256 e. The third kappa shape index (κ3) is 3.96. The lowest BCUT2D eigenvalue weighted by Gasteiger charge is -2.09. The van der Waals surface area contributed by atoms with Gasteiger partial charge < -0.3 is 10.6 Å². The van der Waals surface area contributed by atoms with Crippen LogP contribution >= 0.6 is 15.9 Å². The zero-order valence-corrected chi connectivity index (χ0v) is 13.7. The van der Waals surface area contributed by atoms with Crippen molar-refractivity contribution in [1.82, 2.24) is 0 Å². The number of benzene rings is 2. The summed E-state index contributed by atoms with van der Waals surface area (Å²) in [6.45, 7) is 0. The van der Waals surface area contributed by atoms with Gasteiger partial charge in [-0.25, -0.2) is 4.39 Å². The van der Waals surface area contributed by atoms with Crippen LogP contribution in [0.25, 0.3) is 0 Å². The summed E-state index contributed by atoms with van der Waals surface area (Å²) in [6, 6.07) is 10.8. The molecule has 0 bridgehead atoms. The van der Waals surface area contributed by atoms with Crippen molar-refractivity contribution in [2.75, 3.05) is 10.6 Å². The van der Waals surface area contributed by atoms with Gasteiger partial charge in [-0.05, 0) is 65.2 Å². The van der Waals surface area contributed by atoms with Crippen molar-refractivity contribution in [3.63, 3.8) is 0 Å². The van der Waals surface area contributed by atoms with Gasteiger partial charge in [-0.3, -0.25) is 9.59 Å². The minimum Gasteiger partial charge on any atom is -0.326 e. The molecule has 0 saturated heterocycles. The maximum Gasteiger partial charge on any atom is 0.256 e. The molecule has 3 rings (SSSR count). The predicted molar refractivity (Wildman–Crippen MR) is 89.8 cm³/mol. The Morgan fingerprint density at radius 1 is 1.04 bits per heavy atom. The molecule has 118 valence electrons. The fraction of sp³-hybridized carbons (Fsp3) is 0.176. The first kappa shape index (κ1) is 15.7. The summed E-state index contributed by atoms with van der Waals surface area (Å²) in [5.74, 6) is -0.654. The monoisotopic (exact) mass is 376 g/mol. The minimum absolute atomic E-state index is 0.00903. The van der Waals surface area contributed by atoms with Gasteiger partial charge in [-0.1, -0.05) is 6.07 Å². The first-order chi connectivity index (χ1) is 11.0. The van der Waals surface area contributed by atoms with Gasteiger partial charge in [0, 0.05) is 21.8 Å². The third-order valence-electron chi connectivity index (χ3n) is 3.51. The average Bonchev–Trinajstić information content (AvgIpc) is 3.32. The number of carbonyl (C=O) groups is 2. The Morgan fingerprint density at radius 2 is 1.74 bits per heavy atom. The lowest BCUT2D eigenvalue weighted by molar-refractivity contribution is -0.117. The molecule has 1 aliphatic rings. The van der Waals surface area contributed by atoms with E-state index in [9.17, 15) is 14.0 Å². The molecule has 1 saturated carbocycles. The Bertz CT molecular complexity index is 775. The van der Waals surface area contributed by atoms with E-state index in [0.717, 1.165) is 12.8 Å². The van der Waals surface area contributed by atoms with Crippen LogP contribution in [0.4, 0.5) is 15.8 Å². The normalized spacial score (nSPS) is 13.5. The SMILES string of the molecule is O=C(Nc1cccc(NC(=O)C2CC2)c1)c1ccc(F)cc1Br. The molecule has 4 nitrogen and oxygen atoms in total. The summed E-state index contributed by atoms with van der Waals surface area (Å²) in [7, 11) is 0. The van der Waals surface area contributed by atoms with Crippen molar-refractivity contribution in [3.05, 3.63) is 58.3 Å². The summed E-state index contributed by atoms with van der Waals surface area (Å²) in [6.07, 6.45) is 1.86.